The molecule has 0 unspecified atom stereocenters. The Morgan fingerprint density at radius 2 is 2.06 bits per heavy atom. The predicted octanol–water partition coefficient (Wildman–Crippen LogP) is 2.90. The fourth-order valence-corrected chi connectivity index (χ4v) is 3.20. The molecule has 2 aliphatic rings. The number of nitrogens with zero attached hydrogens (tertiary/aromatic N) is 1. The van der Waals surface area contributed by atoms with E-state index in [1.165, 1.54) is 5.56 Å². The molecule has 1 fully saturated rings. The summed E-state index contributed by atoms with van der Waals surface area (Å²) in [4.78, 5) is 11.0. The van der Waals surface area contributed by atoms with Crippen LogP contribution in [0.2, 0.25) is 0 Å². The molecule has 1 aromatic carbocycles. The minimum Gasteiger partial charge on any atom is -0.310 e. The molecule has 1 heterocycles. The number of nitro benzene ring substituents is 1. The van der Waals surface area contributed by atoms with E-state index in [4.69, 9.17) is 0 Å². The molecule has 0 amide bonds. The third-order valence-electron chi connectivity index (χ3n) is 4.12. The first kappa shape index (κ1) is 11.7. The Bertz CT molecular complexity index is 479. The number of hydrogen-bond donors (Lipinski definition) is 1. The van der Waals surface area contributed by atoms with Crippen LogP contribution in [0.25, 0.3) is 0 Å². The molecule has 0 radical (unpaired) electrons. The van der Waals surface area contributed by atoms with E-state index in [1.54, 1.807) is 6.07 Å². The first-order valence-electron chi connectivity index (χ1n) is 6.79. The van der Waals surface area contributed by atoms with Gasteiger partial charge in [0.2, 0.25) is 0 Å². The lowest BCUT2D eigenvalue weighted by atomic mass is 9.87. The first-order valence-corrected chi connectivity index (χ1v) is 6.79. The topological polar surface area (TPSA) is 55.2 Å². The first-order chi connectivity index (χ1) is 8.75. The summed E-state index contributed by atoms with van der Waals surface area (Å²) in [6, 6.07) is 4.31. The van der Waals surface area contributed by atoms with Gasteiger partial charge < -0.3 is 5.32 Å². The molecular weight excluding hydrogens is 228 g/mol. The van der Waals surface area contributed by atoms with Crippen molar-refractivity contribution in [3.05, 3.63) is 38.9 Å². The van der Waals surface area contributed by atoms with Gasteiger partial charge in [-0.2, -0.15) is 0 Å². The molecule has 96 valence electrons. The molecular formula is C14H18N2O2. The maximum absolute atomic E-state index is 11.2. The lowest BCUT2D eigenvalue weighted by Crippen LogP contribution is -2.15. The van der Waals surface area contributed by atoms with Gasteiger partial charge in [0.1, 0.15) is 0 Å². The van der Waals surface area contributed by atoms with Crippen molar-refractivity contribution in [3.63, 3.8) is 0 Å². The Morgan fingerprint density at radius 3 is 2.78 bits per heavy atom. The van der Waals surface area contributed by atoms with Gasteiger partial charge in [-0.3, -0.25) is 10.1 Å². The third-order valence-corrected chi connectivity index (χ3v) is 4.12. The summed E-state index contributed by atoms with van der Waals surface area (Å²) in [7, 11) is 0. The van der Waals surface area contributed by atoms with Crippen LogP contribution in [0.5, 0.6) is 0 Å². The number of aryl methyl sites for hydroxylation is 1. The number of fused-ring (bicyclic) bond motifs is 1. The summed E-state index contributed by atoms with van der Waals surface area (Å²) < 4.78 is 0. The lowest BCUT2D eigenvalue weighted by molar-refractivity contribution is -0.385. The summed E-state index contributed by atoms with van der Waals surface area (Å²) in [5.41, 5.74) is 3.64. The normalized spacial score (nSPS) is 22.8. The van der Waals surface area contributed by atoms with Crippen LogP contribution in [0.1, 0.15) is 48.4 Å². The van der Waals surface area contributed by atoms with Gasteiger partial charge in [-0.15, -0.1) is 0 Å². The number of benzene rings is 1. The molecule has 3 rings (SSSR count). The SMILES string of the molecule is O=[N+]([O-])c1cc([C@H]2CCCN2)cc2c1CCCC2. The van der Waals surface area contributed by atoms with Gasteiger partial charge in [0, 0.05) is 17.7 Å². The molecule has 1 N–H and O–H groups in total. The number of nitrogens with one attached hydrogen (secondary N) is 1. The van der Waals surface area contributed by atoms with E-state index in [-0.39, 0.29) is 4.92 Å². The van der Waals surface area contributed by atoms with Crippen LogP contribution in [0, 0.1) is 10.1 Å². The van der Waals surface area contributed by atoms with Crippen molar-refractivity contribution in [1.82, 2.24) is 5.32 Å². The maximum Gasteiger partial charge on any atom is 0.273 e. The summed E-state index contributed by atoms with van der Waals surface area (Å²) in [5, 5.41) is 14.6. The second-order valence-electron chi connectivity index (χ2n) is 5.29. The van der Waals surface area contributed by atoms with Gasteiger partial charge in [-0.1, -0.05) is 6.07 Å². The van der Waals surface area contributed by atoms with Crippen LogP contribution in [0.4, 0.5) is 5.69 Å². The van der Waals surface area contributed by atoms with Crippen LogP contribution in [0.3, 0.4) is 0 Å². The van der Waals surface area contributed by atoms with E-state index in [9.17, 15) is 10.1 Å². The molecule has 18 heavy (non-hydrogen) atoms. The van der Waals surface area contributed by atoms with E-state index in [0.717, 1.165) is 56.2 Å². The summed E-state index contributed by atoms with van der Waals surface area (Å²) >= 11 is 0. The van der Waals surface area contributed by atoms with Crippen molar-refractivity contribution >= 4 is 5.69 Å². The zero-order valence-electron chi connectivity index (χ0n) is 10.4. The van der Waals surface area contributed by atoms with Gasteiger partial charge in [-0.05, 0) is 56.2 Å². The average molecular weight is 246 g/mol. The van der Waals surface area contributed by atoms with E-state index >= 15 is 0 Å². The van der Waals surface area contributed by atoms with Crippen LogP contribution >= 0.6 is 0 Å². The largest absolute Gasteiger partial charge is 0.310 e. The summed E-state index contributed by atoms with van der Waals surface area (Å²) in [5.74, 6) is 0. The molecule has 4 heteroatoms. The minimum absolute atomic E-state index is 0.206. The molecule has 4 nitrogen and oxygen atoms in total. The molecule has 1 saturated heterocycles. The fourth-order valence-electron chi connectivity index (χ4n) is 3.20. The van der Waals surface area contributed by atoms with E-state index < -0.39 is 0 Å². The van der Waals surface area contributed by atoms with Crippen molar-refractivity contribution in [2.75, 3.05) is 6.54 Å². The highest BCUT2D eigenvalue weighted by Gasteiger charge is 2.25. The molecule has 0 saturated carbocycles. The number of nitro groups is 1. The highest BCUT2D eigenvalue weighted by molar-refractivity contribution is 5.50. The summed E-state index contributed by atoms with van der Waals surface area (Å²) in [6.07, 6.45) is 6.35. The van der Waals surface area contributed by atoms with Crippen LogP contribution < -0.4 is 5.32 Å². The van der Waals surface area contributed by atoms with Crippen molar-refractivity contribution in [2.45, 2.75) is 44.6 Å². The Hall–Kier alpha value is -1.42. The Balaban J connectivity index is 2.05. The maximum atomic E-state index is 11.2. The van der Waals surface area contributed by atoms with E-state index in [1.807, 2.05) is 0 Å². The van der Waals surface area contributed by atoms with Gasteiger partial charge in [0.25, 0.3) is 5.69 Å². The van der Waals surface area contributed by atoms with Crippen molar-refractivity contribution in [2.24, 2.45) is 0 Å². The minimum atomic E-state index is -0.206. The van der Waals surface area contributed by atoms with Gasteiger partial charge in [-0.25, -0.2) is 0 Å². The van der Waals surface area contributed by atoms with Crippen LogP contribution in [-0.4, -0.2) is 11.5 Å². The molecule has 1 aromatic rings. The van der Waals surface area contributed by atoms with Crippen molar-refractivity contribution in [3.8, 4) is 0 Å². The third kappa shape index (κ3) is 2.01. The van der Waals surface area contributed by atoms with E-state index in [2.05, 4.69) is 11.4 Å². The Morgan fingerprint density at radius 1 is 1.22 bits per heavy atom. The number of rotatable bonds is 2. The van der Waals surface area contributed by atoms with Crippen molar-refractivity contribution in [1.29, 1.82) is 0 Å². The molecule has 0 bridgehead atoms. The molecule has 0 aromatic heterocycles. The highest BCUT2D eigenvalue weighted by Crippen LogP contribution is 2.34. The van der Waals surface area contributed by atoms with E-state index in [0.29, 0.717) is 11.7 Å². The Labute approximate surface area is 107 Å². The molecule has 1 aliphatic carbocycles. The predicted molar refractivity (Wildman–Crippen MR) is 69.7 cm³/mol. The summed E-state index contributed by atoms with van der Waals surface area (Å²) in [6.45, 7) is 1.02. The average Bonchev–Trinajstić information content (AvgIpc) is 2.91. The number of hydrogen-bond acceptors (Lipinski definition) is 3. The Kier molecular flexibility index (Phi) is 3.04. The molecule has 1 atom stereocenters. The van der Waals surface area contributed by atoms with Gasteiger partial charge >= 0.3 is 0 Å². The second-order valence-corrected chi connectivity index (χ2v) is 5.29. The highest BCUT2D eigenvalue weighted by atomic mass is 16.6. The fraction of sp³-hybridized carbons (Fsp3) is 0.571. The van der Waals surface area contributed by atoms with Gasteiger partial charge in [0.15, 0.2) is 0 Å². The quantitative estimate of drug-likeness (QED) is 0.644. The monoisotopic (exact) mass is 246 g/mol. The smallest absolute Gasteiger partial charge is 0.273 e. The molecule has 1 aliphatic heterocycles. The van der Waals surface area contributed by atoms with Gasteiger partial charge in [0.05, 0.1) is 4.92 Å². The lowest BCUT2D eigenvalue weighted by Gasteiger charge is -2.19. The van der Waals surface area contributed by atoms with Crippen LogP contribution in [0.15, 0.2) is 12.1 Å². The zero-order valence-corrected chi connectivity index (χ0v) is 10.4. The zero-order chi connectivity index (χ0) is 12.5. The van der Waals surface area contributed by atoms with Crippen LogP contribution in [-0.2, 0) is 12.8 Å². The second kappa shape index (κ2) is 4.69. The standard InChI is InChI=1S/C14H18N2O2/c17-16(18)14-9-11(13-6-3-7-15-13)8-10-4-1-2-5-12(10)14/h8-9,13,15H,1-7H2/t13-/m1/s1. The molecule has 0 spiro atoms. The van der Waals surface area contributed by atoms with Crippen molar-refractivity contribution < 1.29 is 4.92 Å².